The van der Waals surface area contributed by atoms with Crippen LogP contribution in [-0.2, 0) is 17.8 Å². The first kappa shape index (κ1) is 14.4. The molecule has 0 amide bonds. The third kappa shape index (κ3) is 5.63. The molecule has 1 aromatic heterocycles. The molecule has 1 heterocycles. The van der Waals surface area contributed by atoms with E-state index in [1.54, 1.807) is 0 Å². The Morgan fingerprint density at radius 2 is 2.22 bits per heavy atom. The molecule has 1 unspecified atom stereocenters. The normalized spacial score (nSPS) is 13.3. The SMILES string of the molecule is CC(CC#N)Cc1nc(COCC(F)(F)F)no1. The van der Waals surface area contributed by atoms with E-state index in [4.69, 9.17) is 9.78 Å². The highest BCUT2D eigenvalue weighted by Gasteiger charge is 2.27. The third-order valence-corrected chi connectivity index (χ3v) is 1.97. The summed E-state index contributed by atoms with van der Waals surface area (Å²) in [5, 5.41) is 12.0. The first-order valence-electron chi connectivity index (χ1n) is 5.23. The Morgan fingerprint density at radius 1 is 1.50 bits per heavy atom. The maximum Gasteiger partial charge on any atom is 0.411 e. The smallest absolute Gasteiger partial charge is 0.364 e. The van der Waals surface area contributed by atoms with Gasteiger partial charge < -0.3 is 9.26 Å². The van der Waals surface area contributed by atoms with Crippen molar-refractivity contribution in [2.24, 2.45) is 5.92 Å². The lowest BCUT2D eigenvalue weighted by Gasteiger charge is -2.04. The molecule has 100 valence electrons. The fraction of sp³-hybridized carbons (Fsp3) is 0.700. The topological polar surface area (TPSA) is 71.9 Å². The van der Waals surface area contributed by atoms with Gasteiger partial charge in [-0.3, -0.25) is 0 Å². The van der Waals surface area contributed by atoms with Crippen LogP contribution >= 0.6 is 0 Å². The molecular weight excluding hydrogens is 251 g/mol. The lowest BCUT2D eigenvalue weighted by Crippen LogP contribution is -2.17. The minimum Gasteiger partial charge on any atom is -0.364 e. The number of ether oxygens (including phenoxy) is 1. The minimum atomic E-state index is -4.37. The van der Waals surface area contributed by atoms with Gasteiger partial charge in [-0.2, -0.15) is 23.4 Å². The maximum absolute atomic E-state index is 11.8. The van der Waals surface area contributed by atoms with Gasteiger partial charge in [-0.05, 0) is 5.92 Å². The van der Waals surface area contributed by atoms with Crippen LogP contribution in [0.25, 0.3) is 0 Å². The first-order chi connectivity index (χ1) is 8.40. The van der Waals surface area contributed by atoms with Crippen LogP contribution in [0.2, 0.25) is 0 Å². The largest absolute Gasteiger partial charge is 0.411 e. The highest BCUT2D eigenvalue weighted by Crippen LogP contribution is 2.15. The molecule has 0 N–H and O–H groups in total. The molecule has 0 saturated heterocycles. The summed E-state index contributed by atoms with van der Waals surface area (Å²) < 4.78 is 44.6. The molecular formula is C10H12F3N3O2. The molecule has 0 aliphatic carbocycles. The number of nitrogens with zero attached hydrogens (tertiary/aromatic N) is 3. The fourth-order valence-corrected chi connectivity index (χ4v) is 1.22. The summed E-state index contributed by atoms with van der Waals surface area (Å²) in [5.74, 6) is 0.418. The predicted octanol–water partition coefficient (Wildman–Crippen LogP) is 2.24. The zero-order chi connectivity index (χ0) is 13.6. The molecule has 0 radical (unpaired) electrons. The van der Waals surface area contributed by atoms with E-state index in [2.05, 4.69) is 14.9 Å². The number of aromatic nitrogens is 2. The van der Waals surface area contributed by atoms with Crippen molar-refractivity contribution in [3.63, 3.8) is 0 Å². The molecule has 1 rings (SSSR count). The van der Waals surface area contributed by atoms with Gasteiger partial charge in [0.2, 0.25) is 5.89 Å². The second kappa shape index (κ2) is 6.35. The molecule has 0 bridgehead atoms. The van der Waals surface area contributed by atoms with Gasteiger partial charge in [-0.1, -0.05) is 12.1 Å². The summed E-state index contributed by atoms with van der Waals surface area (Å²) in [4.78, 5) is 3.87. The van der Waals surface area contributed by atoms with Gasteiger partial charge in [0.25, 0.3) is 0 Å². The van der Waals surface area contributed by atoms with Crippen LogP contribution in [0.15, 0.2) is 4.52 Å². The van der Waals surface area contributed by atoms with Crippen molar-refractivity contribution in [1.29, 1.82) is 5.26 Å². The Bertz CT molecular complexity index is 411. The van der Waals surface area contributed by atoms with E-state index in [0.29, 0.717) is 18.7 Å². The molecule has 1 atom stereocenters. The number of halogens is 3. The second-order valence-corrected chi connectivity index (χ2v) is 3.88. The van der Waals surface area contributed by atoms with Crippen molar-refractivity contribution >= 4 is 0 Å². The monoisotopic (exact) mass is 263 g/mol. The fourth-order valence-electron chi connectivity index (χ4n) is 1.22. The Hall–Kier alpha value is -1.62. The summed E-state index contributed by atoms with van der Waals surface area (Å²) in [6.45, 7) is 0.143. The van der Waals surface area contributed by atoms with Gasteiger partial charge in [-0.25, -0.2) is 0 Å². The van der Waals surface area contributed by atoms with Crippen molar-refractivity contribution < 1.29 is 22.4 Å². The van der Waals surface area contributed by atoms with Crippen LogP contribution in [0.3, 0.4) is 0 Å². The van der Waals surface area contributed by atoms with Gasteiger partial charge in [0.05, 0.1) is 6.07 Å². The third-order valence-electron chi connectivity index (χ3n) is 1.97. The van der Waals surface area contributed by atoms with Crippen molar-refractivity contribution in [2.75, 3.05) is 6.61 Å². The van der Waals surface area contributed by atoms with E-state index in [0.717, 1.165) is 0 Å². The van der Waals surface area contributed by atoms with E-state index < -0.39 is 12.8 Å². The number of hydrogen-bond acceptors (Lipinski definition) is 5. The van der Waals surface area contributed by atoms with Gasteiger partial charge in [-0.15, -0.1) is 0 Å². The van der Waals surface area contributed by atoms with E-state index in [-0.39, 0.29) is 18.3 Å². The van der Waals surface area contributed by atoms with Crippen LogP contribution in [0.1, 0.15) is 25.1 Å². The molecule has 0 fully saturated rings. The van der Waals surface area contributed by atoms with Gasteiger partial charge in [0.1, 0.15) is 13.2 Å². The summed E-state index contributed by atoms with van der Waals surface area (Å²) in [7, 11) is 0. The molecule has 0 aliphatic heterocycles. The second-order valence-electron chi connectivity index (χ2n) is 3.88. The van der Waals surface area contributed by atoms with Crippen molar-refractivity contribution in [3.8, 4) is 6.07 Å². The zero-order valence-electron chi connectivity index (χ0n) is 9.70. The minimum absolute atomic E-state index is 0.0550. The van der Waals surface area contributed by atoms with Crippen molar-refractivity contribution in [3.05, 3.63) is 11.7 Å². The lowest BCUT2D eigenvalue weighted by atomic mass is 10.1. The summed E-state index contributed by atoms with van der Waals surface area (Å²) in [6.07, 6.45) is -3.60. The lowest BCUT2D eigenvalue weighted by molar-refractivity contribution is -0.177. The Balaban J connectivity index is 2.37. The molecule has 0 spiro atoms. The van der Waals surface area contributed by atoms with E-state index in [1.807, 2.05) is 13.0 Å². The van der Waals surface area contributed by atoms with Crippen LogP contribution in [0, 0.1) is 17.2 Å². The quantitative estimate of drug-likeness (QED) is 0.787. The molecule has 8 heteroatoms. The Labute approximate surface area is 102 Å². The predicted molar refractivity (Wildman–Crippen MR) is 53.1 cm³/mol. The van der Waals surface area contributed by atoms with E-state index in [1.165, 1.54) is 0 Å². The Morgan fingerprint density at radius 3 is 2.83 bits per heavy atom. The van der Waals surface area contributed by atoms with Gasteiger partial charge in [0, 0.05) is 12.8 Å². The van der Waals surface area contributed by atoms with E-state index in [9.17, 15) is 13.2 Å². The van der Waals surface area contributed by atoms with Crippen LogP contribution < -0.4 is 0 Å². The molecule has 0 saturated carbocycles. The first-order valence-corrected chi connectivity index (χ1v) is 5.23. The molecule has 18 heavy (non-hydrogen) atoms. The number of nitriles is 1. The van der Waals surface area contributed by atoms with Crippen LogP contribution in [0.5, 0.6) is 0 Å². The zero-order valence-corrected chi connectivity index (χ0v) is 9.70. The maximum atomic E-state index is 11.8. The molecule has 0 aromatic carbocycles. The number of alkyl halides is 3. The summed E-state index contributed by atoms with van der Waals surface area (Å²) in [6, 6.07) is 2.01. The van der Waals surface area contributed by atoms with Gasteiger partial charge in [0.15, 0.2) is 5.82 Å². The van der Waals surface area contributed by atoms with Crippen molar-refractivity contribution in [2.45, 2.75) is 32.5 Å². The number of rotatable bonds is 6. The van der Waals surface area contributed by atoms with E-state index >= 15 is 0 Å². The van der Waals surface area contributed by atoms with Gasteiger partial charge >= 0.3 is 6.18 Å². The number of hydrogen-bond donors (Lipinski definition) is 0. The average Bonchev–Trinajstić information content (AvgIpc) is 2.64. The van der Waals surface area contributed by atoms with Crippen molar-refractivity contribution in [1.82, 2.24) is 10.1 Å². The van der Waals surface area contributed by atoms with Crippen LogP contribution in [0.4, 0.5) is 13.2 Å². The molecule has 0 aliphatic rings. The van der Waals surface area contributed by atoms with Crippen LogP contribution in [-0.4, -0.2) is 22.9 Å². The summed E-state index contributed by atoms with van der Waals surface area (Å²) in [5.41, 5.74) is 0. The average molecular weight is 263 g/mol. The molecule has 1 aromatic rings. The Kier molecular flexibility index (Phi) is 5.09. The highest BCUT2D eigenvalue weighted by molar-refractivity contribution is 4.87. The summed E-state index contributed by atoms with van der Waals surface area (Å²) >= 11 is 0. The standard InChI is InChI=1S/C10H12F3N3O2/c1-7(2-3-14)4-9-15-8(16-18-9)5-17-6-10(11,12)13/h7H,2,4-6H2,1H3. The highest BCUT2D eigenvalue weighted by atomic mass is 19.4. The molecule has 5 nitrogen and oxygen atoms in total.